The molecule has 1 aromatic rings. The Labute approximate surface area is 92.7 Å². The van der Waals surface area contributed by atoms with Crippen LogP contribution >= 0.6 is 0 Å². The summed E-state index contributed by atoms with van der Waals surface area (Å²) in [6.07, 6.45) is 5.28. The zero-order chi connectivity index (χ0) is 10.7. The van der Waals surface area contributed by atoms with Crippen LogP contribution in [0, 0.1) is 5.92 Å². The summed E-state index contributed by atoms with van der Waals surface area (Å²) in [6, 6.07) is 8.80. The van der Waals surface area contributed by atoms with Crippen LogP contribution in [0.15, 0.2) is 24.3 Å². The molecule has 1 fully saturated rings. The molecule has 1 heteroatoms. The number of hydrogen-bond acceptors (Lipinski definition) is 1. The Kier molecular flexibility index (Phi) is 3.42. The molecule has 1 saturated carbocycles. The monoisotopic (exact) mass is 203 g/mol. The second-order valence-corrected chi connectivity index (χ2v) is 4.72. The lowest BCUT2D eigenvalue weighted by atomic mass is 9.73. The van der Waals surface area contributed by atoms with Crippen LogP contribution in [0.3, 0.4) is 0 Å². The first-order valence-electron chi connectivity index (χ1n) is 6.11. The van der Waals surface area contributed by atoms with Gasteiger partial charge in [-0.2, -0.15) is 0 Å². The highest BCUT2D eigenvalue weighted by molar-refractivity contribution is 5.31. The third kappa shape index (κ3) is 2.23. The summed E-state index contributed by atoms with van der Waals surface area (Å²) >= 11 is 0. The minimum absolute atomic E-state index is 0.724. The largest absolute Gasteiger partial charge is 0.330 e. The molecule has 0 heterocycles. The van der Waals surface area contributed by atoms with E-state index in [4.69, 9.17) is 5.73 Å². The maximum absolute atomic E-state index is 5.65. The quantitative estimate of drug-likeness (QED) is 0.799. The van der Waals surface area contributed by atoms with Gasteiger partial charge in [-0.1, -0.05) is 37.6 Å². The molecule has 0 aliphatic heterocycles. The van der Waals surface area contributed by atoms with Gasteiger partial charge in [0, 0.05) is 0 Å². The normalized spacial score (nSPS) is 18.5. The van der Waals surface area contributed by atoms with Crippen LogP contribution < -0.4 is 5.73 Å². The van der Waals surface area contributed by atoms with Gasteiger partial charge < -0.3 is 5.73 Å². The summed E-state index contributed by atoms with van der Waals surface area (Å²) in [5.74, 6) is 1.64. The molecule has 82 valence electrons. The summed E-state index contributed by atoms with van der Waals surface area (Å²) in [6.45, 7) is 3.13. The zero-order valence-corrected chi connectivity index (χ0v) is 9.58. The van der Waals surface area contributed by atoms with Crippen molar-refractivity contribution >= 4 is 0 Å². The highest BCUT2D eigenvalue weighted by Gasteiger charge is 2.25. The van der Waals surface area contributed by atoms with E-state index in [2.05, 4.69) is 31.2 Å². The van der Waals surface area contributed by atoms with Gasteiger partial charge in [-0.15, -0.1) is 0 Å². The lowest BCUT2D eigenvalue weighted by molar-refractivity contribution is 0.271. The molecule has 1 aliphatic rings. The summed E-state index contributed by atoms with van der Waals surface area (Å²) in [5.41, 5.74) is 8.64. The van der Waals surface area contributed by atoms with Gasteiger partial charge in [0.2, 0.25) is 0 Å². The van der Waals surface area contributed by atoms with Crippen LogP contribution in [0.25, 0.3) is 0 Å². The minimum atomic E-state index is 0.724. The van der Waals surface area contributed by atoms with Crippen LogP contribution in [-0.2, 0) is 6.42 Å². The SMILES string of the molecule is CC(c1ccccc1CCN)C1CCC1. The molecule has 1 aliphatic carbocycles. The van der Waals surface area contributed by atoms with Crippen LogP contribution in [0.4, 0.5) is 0 Å². The van der Waals surface area contributed by atoms with Gasteiger partial charge in [-0.05, 0) is 48.8 Å². The second-order valence-electron chi connectivity index (χ2n) is 4.72. The van der Waals surface area contributed by atoms with Gasteiger partial charge in [0.25, 0.3) is 0 Å². The third-order valence-electron chi connectivity index (χ3n) is 3.82. The molecule has 0 amide bonds. The van der Waals surface area contributed by atoms with E-state index in [0.29, 0.717) is 0 Å². The first kappa shape index (κ1) is 10.7. The van der Waals surface area contributed by atoms with E-state index in [9.17, 15) is 0 Å². The van der Waals surface area contributed by atoms with E-state index < -0.39 is 0 Å². The third-order valence-corrected chi connectivity index (χ3v) is 3.82. The van der Waals surface area contributed by atoms with Gasteiger partial charge in [-0.25, -0.2) is 0 Å². The van der Waals surface area contributed by atoms with E-state index in [1.54, 1.807) is 0 Å². The molecule has 0 radical (unpaired) electrons. The molecule has 1 unspecified atom stereocenters. The summed E-state index contributed by atoms with van der Waals surface area (Å²) in [4.78, 5) is 0. The van der Waals surface area contributed by atoms with Gasteiger partial charge in [0.1, 0.15) is 0 Å². The van der Waals surface area contributed by atoms with Crippen LogP contribution in [0.1, 0.15) is 43.2 Å². The predicted molar refractivity (Wildman–Crippen MR) is 65.0 cm³/mol. The maximum Gasteiger partial charge on any atom is -0.00366 e. The molecular weight excluding hydrogens is 182 g/mol. The fraction of sp³-hybridized carbons (Fsp3) is 0.571. The molecule has 1 nitrogen and oxygen atoms in total. The number of nitrogens with two attached hydrogens (primary N) is 1. The van der Waals surface area contributed by atoms with E-state index >= 15 is 0 Å². The lowest BCUT2D eigenvalue weighted by Crippen LogP contribution is -2.19. The smallest absolute Gasteiger partial charge is 0.00366 e. The van der Waals surface area contributed by atoms with E-state index in [-0.39, 0.29) is 0 Å². The van der Waals surface area contributed by atoms with Crippen LogP contribution in [-0.4, -0.2) is 6.54 Å². The van der Waals surface area contributed by atoms with Crippen molar-refractivity contribution in [2.24, 2.45) is 11.7 Å². The van der Waals surface area contributed by atoms with Crippen molar-refractivity contribution in [2.45, 2.75) is 38.5 Å². The van der Waals surface area contributed by atoms with Crippen molar-refractivity contribution < 1.29 is 0 Å². The average Bonchev–Trinajstić information content (AvgIpc) is 2.16. The Morgan fingerprint density at radius 3 is 2.67 bits per heavy atom. The lowest BCUT2D eigenvalue weighted by Gasteiger charge is -2.32. The van der Waals surface area contributed by atoms with Crippen LogP contribution in [0.2, 0.25) is 0 Å². The molecule has 2 N–H and O–H groups in total. The Hall–Kier alpha value is -0.820. The highest BCUT2D eigenvalue weighted by Crippen LogP contribution is 2.39. The first-order chi connectivity index (χ1) is 7.33. The maximum atomic E-state index is 5.65. The fourth-order valence-corrected chi connectivity index (χ4v) is 2.56. The molecule has 2 rings (SSSR count). The minimum Gasteiger partial charge on any atom is -0.330 e. The van der Waals surface area contributed by atoms with Crippen molar-refractivity contribution in [1.82, 2.24) is 0 Å². The average molecular weight is 203 g/mol. The molecule has 0 spiro atoms. The van der Waals surface area contributed by atoms with Gasteiger partial charge in [0.05, 0.1) is 0 Å². The predicted octanol–water partition coefficient (Wildman–Crippen LogP) is 3.09. The summed E-state index contributed by atoms with van der Waals surface area (Å²) in [5, 5.41) is 0. The topological polar surface area (TPSA) is 26.0 Å². The molecule has 1 atom stereocenters. The summed E-state index contributed by atoms with van der Waals surface area (Å²) in [7, 11) is 0. The fourth-order valence-electron chi connectivity index (χ4n) is 2.56. The Morgan fingerprint density at radius 1 is 1.33 bits per heavy atom. The molecule has 0 aromatic heterocycles. The Bertz CT molecular complexity index is 315. The van der Waals surface area contributed by atoms with Crippen molar-refractivity contribution in [1.29, 1.82) is 0 Å². The van der Waals surface area contributed by atoms with E-state index in [0.717, 1.165) is 24.8 Å². The Balaban J connectivity index is 2.17. The number of benzene rings is 1. The van der Waals surface area contributed by atoms with Gasteiger partial charge in [0.15, 0.2) is 0 Å². The summed E-state index contributed by atoms with van der Waals surface area (Å²) < 4.78 is 0. The molecular formula is C14H21N. The Morgan fingerprint density at radius 2 is 2.07 bits per heavy atom. The van der Waals surface area contributed by atoms with E-state index in [1.165, 1.54) is 30.4 Å². The van der Waals surface area contributed by atoms with Crippen LogP contribution in [0.5, 0.6) is 0 Å². The van der Waals surface area contributed by atoms with E-state index in [1.807, 2.05) is 0 Å². The van der Waals surface area contributed by atoms with Crippen molar-refractivity contribution in [3.63, 3.8) is 0 Å². The molecule has 15 heavy (non-hydrogen) atoms. The van der Waals surface area contributed by atoms with Crippen molar-refractivity contribution in [3.05, 3.63) is 35.4 Å². The van der Waals surface area contributed by atoms with Crippen molar-refractivity contribution in [3.8, 4) is 0 Å². The molecule has 1 aromatic carbocycles. The standard InChI is InChI=1S/C14H21N/c1-11(12-6-4-7-12)14-8-3-2-5-13(14)9-10-15/h2-3,5,8,11-12H,4,6-7,9-10,15H2,1H3. The zero-order valence-electron chi connectivity index (χ0n) is 9.58. The molecule has 0 saturated heterocycles. The van der Waals surface area contributed by atoms with Crippen molar-refractivity contribution in [2.75, 3.05) is 6.54 Å². The number of rotatable bonds is 4. The number of hydrogen-bond donors (Lipinski definition) is 1. The molecule has 0 bridgehead atoms. The second kappa shape index (κ2) is 4.80. The van der Waals surface area contributed by atoms with Gasteiger partial charge in [-0.3, -0.25) is 0 Å². The first-order valence-corrected chi connectivity index (χ1v) is 6.11. The van der Waals surface area contributed by atoms with Gasteiger partial charge >= 0.3 is 0 Å². The highest BCUT2D eigenvalue weighted by atomic mass is 14.5.